The molecule has 0 aromatic heterocycles. The number of carbonyl (C=O) groups excluding carboxylic acids is 1. The van der Waals surface area contributed by atoms with Gasteiger partial charge in [-0.2, -0.15) is 8.78 Å². The van der Waals surface area contributed by atoms with Crippen molar-refractivity contribution >= 4 is 5.91 Å². The van der Waals surface area contributed by atoms with Crippen molar-refractivity contribution in [2.45, 2.75) is 32.4 Å². The second kappa shape index (κ2) is 7.36. The second-order valence-electron chi connectivity index (χ2n) is 5.20. The van der Waals surface area contributed by atoms with E-state index in [4.69, 9.17) is 0 Å². The fourth-order valence-electron chi connectivity index (χ4n) is 2.52. The second-order valence-corrected chi connectivity index (χ2v) is 5.20. The Morgan fingerprint density at radius 2 is 2.14 bits per heavy atom. The average Bonchev–Trinajstić information content (AvgIpc) is 2.86. The summed E-state index contributed by atoms with van der Waals surface area (Å²) in [5.41, 5.74) is 0.967. The fraction of sp³-hybridized carbons (Fsp3) is 0.533. The first-order valence-electron chi connectivity index (χ1n) is 7.11. The van der Waals surface area contributed by atoms with Crippen LogP contribution in [-0.4, -0.2) is 31.7 Å². The molecular weight excluding hydrogens is 278 g/mol. The van der Waals surface area contributed by atoms with Crippen molar-refractivity contribution in [1.29, 1.82) is 0 Å². The summed E-state index contributed by atoms with van der Waals surface area (Å²) in [6.45, 7) is 0.623. The molecular formula is C15H20F2N2O2. The molecule has 6 heteroatoms. The maximum absolute atomic E-state index is 12.0. The van der Waals surface area contributed by atoms with E-state index in [1.807, 2.05) is 6.92 Å². The summed E-state index contributed by atoms with van der Waals surface area (Å²) >= 11 is 0. The van der Waals surface area contributed by atoms with Crippen LogP contribution in [0.2, 0.25) is 0 Å². The van der Waals surface area contributed by atoms with Gasteiger partial charge in [0.05, 0.1) is 5.92 Å². The quantitative estimate of drug-likeness (QED) is 0.844. The highest BCUT2D eigenvalue weighted by Crippen LogP contribution is 2.16. The molecule has 0 aliphatic carbocycles. The Balaban J connectivity index is 1.74. The smallest absolute Gasteiger partial charge is 0.387 e. The van der Waals surface area contributed by atoms with Crippen LogP contribution in [0.4, 0.5) is 8.78 Å². The molecule has 0 spiro atoms. The minimum atomic E-state index is -2.81. The van der Waals surface area contributed by atoms with Gasteiger partial charge in [-0.1, -0.05) is 12.1 Å². The van der Waals surface area contributed by atoms with Gasteiger partial charge in [0.2, 0.25) is 5.91 Å². The Hall–Kier alpha value is -1.69. The van der Waals surface area contributed by atoms with E-state index in [2.05, 4.69) is 15.4 Å². The molecule has 1 aliphatic rings. The Bertz CT molecular complexity index is 465. The number of halogens is 2. The maximum atomic E-state index is 12.0. The van der Waals surface area contributed by atoms with Gasteiger partial charge < -0.3 is 15.4 Å². The molecule has 2 rings (SSSR count). The van der Waals surface area contributed by atoms with Gasteiger partial charge >= 0.3 is 6.61 Å². The first-order chi connectivity index (χ1) is 10.1. The molecule has 0 saturated carbocycles. The predicted molar refractivity (Wildman–Crippen MR) is 75.4 cm³/mol. The van der Waals surface area contributed by atoms with Gasteiger partial charge in [-0.25, -0.2) is 0 Å². The zero-order valence-electron chi connectivity index (χ0n) is 11.9. The van der Waals surface area contributed by atoms with Gasteiger partial charge in [0.15, 0.2) is 0 Å². The van der Waals surface area contributed by atoms with Gasteiger partial charge in [-0.05, 0) is 44.0 Å². The van der Waals surface area contributed by atoms with Crippen molar-refractivity contribution in [3.63, 3.8) is 0 Å². The van der Waals surface area contributed by atoms with E-state index in [0.717, 1.165) is 18.5 Å². The molecule has 116 valence electrons. The summed E-state index contributed by atoms with van der Waals surface area (Å²) in [4.78, 5) is 12.0. The van der Waals surface area contributed by atoms with E-state index in [9.17, 15) is 13.6 Å². The van der Waals surface area contributed by atoms with Crippen LogP contribution in [0.15, 0.2) is 24.3 Å². The third-order valence-corrected chi connectivity index (χ3v) is 3.72. The Kier molecular flexibility index (Phi) is 5.50. The molecule has 2 unspecified atom stereocenters. The topological polar surface area (TPSA) is 50.4 Å². The molecule has 1 aliphatic heterocycles. The minimum Gasteiger partial charge on any atom is -0.435 e. The van der Waals surface area contributed by atoms with Crippen LogP contribution in [0.3, 0.4) is 0 Å². The van der Waals surface area contributed by atoms with Crippen molar-refractivity contribution in [1.82, 2.24) is 10.6 Å². The van der Waals surface area contributed by atoms with E-state index >= 15 is 0 Å². The van der Waals surface area contributed by atoms with Gasteiger partial charge in [0.1, 0.15) is 5.75 Å². The van der Waals surface area contributed by atoms with E-state index in [0.29, 0.717) is 13.0 Å². The van der Waals surface area contributed by atoms with Crippen LogP contribution in [0.5, 0.6) is 5.75 Å². The van der Waals surface area contributed by atoms with Crippen molar-refractivity contribution in [2.75, 3.05) is 13.1 Å². The number of ether oxygens (including phenoxy) is 1. The zero-order chi connectivity index (χ0) is 15.2. The number of carbonyl (C=O) groups is 1. The molecule has 21 heavy (non-hydrogen) atoms. The lowest BCUT2D eigenvalue weighted by Crippen LogP contribution is -2.37. The SMILES string of the molecule is CC1NCCC1C(=O)NCCc1ccc(OC(F)F)cc1. The number of benzene rings is 1. The standard InChI is InChI=1S/C15H20F2N2O2/c1-10-13(7-9-18-10)14(20)19-8-6-11-2-4-12(5-3-11)21-15(16)17/h2-5,10,13,15,18H,6-9H2,1H3,(H,19,20). The van der Waals surface area contributed by atoms with Crippen LogP contribution in [0, 0.1) is 5.92 Å². The van der Waals surface area contributed by atoms with Gasteiger partial charge in [0, 0.05) is 12.6 Å². The van der Waals surface area contributed by atoms with Crippen LogP contribution in [0.1, 0.15) is 18.9 Å². The molecule has 1 fully saturated rings. The summed E-state index contributed by atoms with van der Waals surface area (Å²) in [5.74, 6) is 0.251. The molecule has 2 N–H and O–H groups in total. The van der Waals surface area contributed by atoms with E-state index in [-0.39, 0.29) is 23.6 Å². The number of amides is 1. The highest BCUT2D eigenvalue weighted by atomic mass is 19.3. The number of hydrogen-bond acceptors (Lipinski definition) is 3. The van der Waals surface area contributed by atoms with E-state index < -0.39 is 6.61 Å². The Labute approximate surface area is 122 Å². The van der Waals surface area contributed by atoms with Gasteiger partial charge in [-0.15, -0.1) is 0 Å². The summed E-state index contributed by atoms with van der Waals surface area (Å²) < 4.78 is 28.3. The lowest BCUT2D eigenvalue weighted by atomic mass is 10.0. The summed E-state index contributed by atoms with van der Waals surface area (Å²) in [6, 6.07) is 6.68. The fourth-order valence-corrected chi connectivity index (χ4v) is 2.52. The van der Waals surface area contributed by atoms with Gasteiger partial charge in [0.25, 0.3) is 0 Å². The lowest BCUT2D eigenvalue weighted by molar-refractivity contribution is -0.125. The Morgan fingerprint density at radius 3 is 2.71 bits per heavy atom. The Morgan fingerprint density at radius 1 is 1.43 bits per heavy atom. The van der Waals surface area contributed by atoms with Crippen LogP contribution in [0.25, 0.3) is 0 Å². The molecule has 0 bridgehead atoms. The first kappa shape index (κ1) is 15.7. The number of nitrogens with one attached hydrogen (secondary N) is 2. The monoisotopic (exact) mass is 298 g/mol. The zero-order valence-corrected chi connectivity index (χ0v) is 11.9. The van der Waals surface area contributed by atoms with Crippen LogP contribution in [-0.2, 0) is 11.2 Å². The van der Waals surface area contributed by atoms with E-state index in [1.54, 1.807) is 12.1 Å². The predicted octanol–water partition coefficient (Wildman–Crippen LogP) is 1.94. The maximum Gasteiger partial charge on any atom is 0.387 e. The number of rotatable bonds is 6. The molecule has 1 aromatic carbocycles. The molecule has 4 nitrogen and oxygen atoms in total. The summed E-state index contributed by atoms with van der Waals surface area (Å²) in [6.07, 6.45) is 1.53. The molecule has 0 radical (unpaired) electrons. The van der Waals surface area contributed by atoms with Gasteiger partial charge in [-0.3, -0.25) is 4.79 Å². The minimum absolute atomic E-state index is 0.0341. The molecule has 2 atom stereocenters. The average molecular weight is 298 g/mol. The summed E-state index contributed by atoms with van der Waals surface area (Å²) in [7, 11) is 0. The van der Waals surface area contributed by atoms with Crippen molar-refractivity contribution in [3.05, 3.63) is 29.8 Å². The normalized spacial score (nSPS) is 21.5. The van der Waals surface area contributed by atoms with Crippen molar-refractivity contribution < 1.29 is 18.3 Å². The van der Waals surface area contributed by atoms with Crippen LogP contribution < -0.4 is 15.4 Å². The largest absolute Gasteiger partial charge is 0.435 e. The number of hydrogen-bond donors (Lipinski definition) is 2. The molecule has 1 amide bonds. The lowest BCUT2D eigenvalue weighted by Gasteiger charge is -2.14. The highest BCUT2D eigenvalue weighted by molar-refractivity contribution is 5.79. The summed E-state index contributed by atoms with van der Waals surface area (Å²) in [5, 5.41) is 6.16. The first-order valence-corrected chi connectivity index (χ1v) is 7.11. The van der Waals surface area contributed by atoms with Crippen molar-refractivity contribution in [2.24, 2.45) is 5.92 Å². The third kappa shape index (κ3) is 4.67. The third-order valence-electron chi connectivity index (χ3n) is 3.72. The van der Waals surface area contributed by atoms with Crippen LogP contribution >= 0.6 is 0 Å². The van der Waals surface area contributed by atoms with Crippen molar-refractivity contribution in [3.8, 4) is 5.75 Å². The van der Waals surface area contributed by atoms with E-state index in [1.165, 1.54) is 12.1 Å². The molecule has 1 saturated heterocycles. The molecule has 1 aromatic rings. The highest BCUT2D eigenvalue weighted by Gasteiger charge is 2.28. The molecule has 1 heterocycles. The number of alkyl halides is 2.